The summed E-state index contributed by atoms with van der Waals surface area (Å²) in [4.78, 5) is 23.0. The topological polar surface area (TPSA) is 92.8 Å². The van der Waals surface area contributed by atoms with Crippen LogP contribution in [0.2, 0.25) is 0 Å². The van der Waals surface area contributed by atoms with Crippen molar-refractivity contribution >= 4 is 27.4 Å². The molecule has 0 saturated carbocycles. The summed E-state index contributed by atoms with van der Waals surface area (Å²) in [5, 5.41) is 2.56. The molecule has 0 aliphatic carbocycles. The molecule has 7 nitrogen and oxygen atoms in total. The van der Waals surface area contributed by atoms with E-state index in [2.05, 4.69) is 5.32 Å². The van der Waals surface area contributed by atoms with Crippen LogP contribution in [0.1, 0.15) is 17.3 Å². The number of benzene rings is 1. The Kier molecular flexibility index (Phi) is 6.51. The number of amides is 1. The molecule has 0 aliphatic heterocycles. The summed E-state index contributed by atoms with van der Waals surface area (Å²) >= 11 is 0. The van der Waals surface area contributed by atoms with Crippen molar-refractivity contribution in [1.29, 1.82) is 0 Å². The van der Waals surface area contributed by atoms with Crippen LogP contribution in [0.3, 0.4) is 0 Å². The molecule has 122 valence electrons. The van der Waals surface area contributed by atoms with Crippen LogP contribution in [0.25, 0.3) is 0 Å². The van der Waals surface area contributed by atoms with Gasteiger partial charge in [-0.1, -0.05) is 0 Å². The van der Waals surface area contributed by atoms with Gasteiger partial charge in [-0.3, -0.25) is 13.9 Å². The van der Waals surface area contributed by atoms with Gasteiger partial charge in [0.25, 0.3) is 0 Å². The van der Waals surface area contributed by atoms with Crippen molar-refractivity contribution < 1.29 is 22.7 Å². The second-order valence-electron chi connectivity index (χ2n) is 4.72. The van der Waals surface area contributed by atoms with Gasteiger partial charge < -0.3 is 10.1 Å². The van der Waals surface area contributed by atoms with Crippen LogP contribution in [-0.2, 0) is 19.6 Å². The van der Waals surface area contributed by atoms with Gasteiger partial charge in [-0.25, -0.2) is 8.42 Å². The molecule has 0 fully saturated rings. The molecule has 0 atom stereocenters. The summed E-state index contributed by atoms with van der Waals surface area (Å²) in [6.45, 7) is 1.74. The van der Waals surface area contributed by atoms with Gasteiger partial charge in [0.2, 0.25) is 15.9 Å². The number of anilines is 1. The van der Waals surface area contributed by atoms with Gasteiger partial charge >= 0.3 is 0 Å². The molecule has 1 aromatic carbocycles. The second-order valence-corrected chi connectivity index (χ2v) is 6.62. The minimum absolute atomic E-state index is 0.116. The standard InChI is InChI=1S/C14H20N2O5S/c1-11(17)12-4-6-13(7-5-12)16(22(3,19)20)10-14(18)15-8-9-21-2/h4-7H,8-10H2,1-3H3,(H,15,18). The van der Waals surface area contributed by atoms with Crippen LogP contribution in [0, 0.1) is 0 Å². The highest BCUT2D eigenvalue weighted by Crippen LogP contribution is 2.18. The number of carbonyl (C=O) groups excluding carboxylic acids is 2. The van der Waals surface area contributed by atoms with Crippen molar-refractivity contribution in [1.82, 2.24) is 5.32 Å². The molecule has 1 N–H and O–H groups in total. The third kappa shape index (κ3) is 5.45. The molecule has 0 aromatic heterocycles. The number of rotatable bonds is 8. The van der Waals surface area contributed by atoms with E-state index < -0.39 is 15.9 Å². The number of carbonyl (C=O) groups is 2. The van der Waals surface area contributed by atoms with Crippen LogP contribution in [0.15, 0.2) is 24.3 Å². The van der Waals surface area contributed by atoms with E-state index in [1.54, 1.807) is 0 Å². The zero-order chi connectivity index (χ0) is 16.8. The molecule has 0 aliphatic rings. The maximum atomic E-state index is 11.9. The zero-order valence-electron chi connectivity index (χ0n) is 12.8. The number of sulfonamides is 1. The molecule has 0 radical (unpaired) electrons. The molecule has 0 bridgehead atoms. The van der Waals surface area contributed by atoms with Gasteiger partial charge in [0.15, 0.2) is 5.78 Å². The predicted octanol–water partition coefficient (Wildman–Crippen LogP) is 0.418. The SMILES string of the molecule is COCCNC(=O)CN(c1ccc(C(C)=O)cc1)S(C)(=O)=O. The largest absolute Gasteiger partial charge is 0.383 e. The number of ether oxygens (including phenoxy) is 1. The normalized spacial score (nSPS) is 11.0. The van der Waals surface area contributed by atoms with E-state index in [1.807, 2.05) is 0 Å². The highest BCUT2D eigenvalue weighted by atomic mass is 32.2. The summed E-state index contributed by atoms with van der Waals surface area (Å²) in [6.07, 6.45) is 1.02. The fourth-order valence-electron chi connectivity index (χ4n) is 1.74. The number of nitrogens with one attached hydrogen (secondary N) is 1. The van der Waals surface area contributed by atoms with Gasteiger partial charge in [-0.15, -0.1) is 0 Å². The quantitative estimate of drug-likeness (QED) is 0.551. The molecular formula is C14H20N2O5S. The molecule has 1 aromatic rings. The lowest BCUT2D eigenvalue weighted by atomic mass is 10.1. The number of hydrogen-bond acceptors (Lipinski definition) is 5. The molecule has 22 heavy (non-hydrogen) atoms. The Balaban J connectivity index is 2.90. The van der Waals surface area contributed by atoms with Crippen LogP contribution in [0.4, 0.5) is 5.69 Å². The summed E-state index contributed by atoms with van der Waals surface area (Å²) < 4.78 is 29.5. The molecule has 1 amide bonds. The van der Waals surface area contributed by atoms with Crippen LogP contribution < -0.4 is 9.62 Å². The van der Waals surface area contributed by atoms with Crippen molar-refractivity contribution in [2.75, 3.05) is 37.4 Å². The van der Waals surface area contributed by atoms with Crippen molar-refractivity contribution in [3.63, 3.8) is 0 Å². The van der Waals surface area contributed by atoms with Gasteiger partial charge in [-0.05, 0) is 31.2 Å². The Bertz CT molecular complexity index is 625. The molecule has 0 unspecified atom stereocenters. The maximum absolute atomic E-state index is 11.9. The van der Waals surface area contributed by atoms with E-state index in [1.165, 1.54) is 38.3 Å². The Morgan fingerprint density at radius 2 is 1.82 bits per heavy atom. The maximum Gasteiger partial charge on any atom is 0.240 e. The Morgan fingerprint density at radius 1 is 1.23 bits per heavy atom. The lowest BCUT2D eigenvalue weighted by Crippen LogP contribution is -2.41. The first-order valence-corrected chi connectivity index (χ1v) is 8.45. The predicted molar refractivity (Wildman–Crippen MR) is 83.5 cm³/mol. The first-order chi connectivity index (χ1) is 10.3. The van der Waals surface area contributed by atoms with E-state index in [0.717, 1.165) is 10.6 Å². The highest BCUT2D eigenvalue weighted by molar-refractivity contribution is 7.92. The Labute approximate surface area is 130 Å². The van der Waals surface area contributed by atoms with Crippen molar-refractivity contribution in [2.24, 2.45) is 0 Å². The molecular weight excluding hydrogens is 308 g/mol. The van der Waals surface area contributed by atoms with Gasteiger partial charge in [0.05, 0.1) is 18.6 Å². The van der Waals surface area contributed by atoms with Crippen molar-refractivity contribution in [3.05, 3.63) is 29.8 Å². The number of hydrogen-bond donors (Lipinski definition) is 1. The first kappa shape index (κ1) is 18.1. The van der Waals surface area contributed by atoms with Gasteiger partial charge in [0, 0.05) is 19.2 Å². The van der Waals surface area contributed by atoms with E-state index in [-0.39, 0.29) is 12.3 Å². The third-order valence-electron chi connectivity index (χ3n) is 2.88. The summed E-state index contributed by atoms with van der Waals surface area (Å²) in [5.74, 6) is -0.548. The summed E-state index contributed by atoms with van der Waals surface area (Å²) in [6, 6.07) is 6.05. The monoisotopic (exact) mass is 328 g/mol. The smallest absolute Gasteiger partial charge is 0.240 e. The number of methoxy groups -OCH3 is 1. The molecule has 8 heteroatoms. The van der Waals surface area contributed by atoms with Crippen LogP contribution >= 0.6 is 0 Å². The number of ketones is 1. The number of nitrogens with zero attached hydrogens (tertiary/aromatic N) is 1. The minimum atomic E-state index is -3.62. The van der Waals surface area contributed by atoms with Crippen molar-refractivity contribution in [2.45, 2.75) is 6.92 Å². The Hall–Kier alpha value is -1.93. The molecule has 0 heterocycles. The lowest BCUT2D eigenvalue weighted by Gasteiger charge is -2.22. The molecule has 0 spiro atoms. The van der Waals surface area contributed by atoms with Gasteiger partial charge in [-0.2, -0.15) is 0 Å². The minimum Gasteiger partial charge on any atom is -0.383 e. The third-order valence-corrected chi connectivity index (χ3v) is 4.02. The fourth-order valence-corrected chi connectivity index (χ4v) is 2.60. The average molecular weight is 328 g/mol. The zero-order valence-corrected chi connectivity index (χ0v) is 13.6. The molecule has 0 saturated heterocycles. The Morgan fingerprint density at radius 3 is 2.27 bits per heavy atom. The second kappa shape index (κ2) is 7.90. The van der Waals surface area contributed by atoms with Gasteiger partial charge in [0.1, 0.15) is 6.54 Å². The fraction of sp³-hybridized carbons (Fsp3) is 0.429. The van der Waals surface area contributed by atoms with E-state index in [9.17, 15) is 18.0 Å². The van der Waals surface area contributed by atoms with Crippen LogP contribution in [0.5, 0.6) is 0 Å². The summed E-state index contributed by atoms with van der Waals surface area (Å²) in [7, 11) is -2.11. The highest BCUT2D eigenvalue weighted by Gasteiger charge is 2.20. The number of Topliss-reactive ketones (excluding diaryl/α,β-unsaturated/α-hetero) is 1. The lowest BCUT2D eigenvalue weighted by molar-refractivity contribution is -0.119. The molecule has 1 rings (SSSR count). The first-order valence-electron chi connectivity index (χ1n) is 6.60. The van der Waals surface area contributed by atoms with Crippen molar-refractivity contribution in [3.8, 4) is 0 Å². The average Bonchev–Trinajstić information content (AvgIpc) is 2.44. The van der Waals surface area contributed by atoms with Crippen LogP contribution in [-0.4, -0.2) is 53.2 Å². The summed E-state index contributed by atoms with van der Waals surface area (Å²) in [5.41, 5.74) is 0.802. The van der Waals surface area contributed by atoms with E-state index in [4.69, 9.17) is 4.74 Å². The van der Waals surface area contributed by atoms with E-state index >= 15 is 0 Å². The van der Waals surface area contributed by atoms with E-state index in [0.29, 0.717) is 24.4 Å².